The molecule has 0 atom stereocenters. The van der Waals surface area contributed by atoms with Crippen molar-refractivity contribution >= 4 is 33.4 Å². The summed E-state index contributed by atoms with van der Waals surface area (Å²) in [5.41, 5.74) is 1.10. The van der Waals surface area contributed by atoms with E-state index in [0.29, 0.717) is 11.3 Å². The zero-order valence-electron chi connectivity index (χ0n) is 13.3. The van der Waals surface area contributed by atoms with Crippen molar-refractivity contribution in [2.75, 3.05) is 11.9 Å². The van der Waals surface area contributed by atoms with E-state index in [-0.39, 0.29) is 37.1 Å². The maximum Gasteiger partial charge on any atom is 0.226 e. The van der Waals surface area contributed by atoms with E-state index >= 15 is 0 Å². The fourth-order valence-corrected chi connectivity index (χ4v) is 2.58. The summed E-state index contributed by atoms with van der Waals surface area (Å²) in [6.07, 6.45) is 0.134. The molecule has 2 aromatic carbocycles. The van der Waals surface area contributed by atoms with Crippen molar-refractivity contribution in [3.8, 4) is 0 Å². The molecule has 0 fully saturated rings. The van der Waals surface area contributed by atoms with Gasteiger partial charge in [0.2, 0.25) is 11.8 Å². The van der Waals surface area contributed by atoms with Crippen LogP contribution in [-0.4, -0.2) is 23.3 Å². The number of nitrogens with zero attached hydrogens (tertiary/aromatic N) is 1. The van der Waals surface area contributed by atoms with E-state index in [9.17, 15) is 14.0 Å². The van der Waals surface area contributed by atoms with E-state index < -0.39 is 0 Å². The average Bonchev–Trinajstić information content (AvgIpc) is 2.55. The first-order valence-corrected chi connectivity index (χ1v) is 8.30. The predicted molar refractivity (Wildman–Crippen MR) is 94.9 cm³/mol. The minimum absolute atomic E-state index is 0.134. The van der Waals surface area contributed by atoms with Crippen molar-refractivity contribution in [3.63, 3.8) is 0 Å². The molecule has 24 heavy (non-hydrogen) atoms. The Hall–Kier alpha value is -2.21. The Morgan fingerprint density at radius 1 is 1.12 bits per heavy atom. The summed E-state index contributed by atoms with van der Waals surface area (Å²) in [6, 6.07) is 13.6. The molecule has 2 rings (SSSR count). The van der Waals surface area contributed by atoms with Gasteiger partial charge in [-0.25, -0.2) is 4.39 Å². The van der Waals surface area contributed by atoms with Gasteiger partial charge in [-0.1, -0.05) is 30.3 Å². The van der Waals surface area contributed by atoms with Crippen LogP contribution in [0.5, 0.6) is 0 Å². The lowest BCUT2D eigenvalue weighted by atomic mass is 10.2. The lowest BCUT2D eigenvalue weighted by Crippen LogP contribution is -2.31. The number of hydrogen-bond donors (Lipinski definition) is 1. The Morgan fingerprint density at radius 3 is 2.46 bits per heavy atom. The summed E-state index contributed by atoms with van der Waals surface area (Å²) in [5, 5.41) is 2.78. The first-order valence-electron chi connectivity index (χ1n) is 7.50. The molecule has 0 bridgehead atoms. The molecule has 0 saturated heterocycles. The Bertz CT molecular complexity index is 736. The van der Waals surface area contributed by atoms with Crippen LogP contribution in [0.2, 0.25) is 0 Å². The smallest absolute Gasteiger partial charge is 0.226 e. The topological polar surface area (TPSA) is 49.4 Å². The average molecular weight is 393 g/mol. The highest BCUT2D eigenvalue weighted by atomic mass is 79.9. The van der Waals surface area contributed by atoms with Gasteiger partial charge in [0.1, 0.15) is 5.82 Å². The maximum absolute atomic E-state index is 13.7. The lowest BCUT2D eigenvalue weighted by Gasteiger charge is -2.21. The van der Waals surface area contributed by atoms with E-state index in [1.807, 2.05) is 18.2 Å². The number of rotatable bonds is 6. The van der Waals surface area contributed by atoms with E-state index in [2.05, 4.69) is 21.2 Å². The number of carbonyl (C=O) groups is 2. The molecule has 0 spiro atoms. The summed E-state index contributed by atoms with van der Waals surface area (Å²) < 4.78 is 14.5. The highest BCUT2D eigenvalue weighted by Crippen LogP contribution is 2.21. The van der Waals surface area contributed by atoms with Gasteiger partial charge in [0.05, 0.1) is 5.69 Å². The van der Waals surface area contributed by atoms with Gasteiger partial charge in [-0.05, 0) is 34.1 Å². The fraction of sp³-hybridized carbons (Fsp3) is 0.222. The molecular formula is C18H18BrFN2O2. The highest BCUT2D eigenvalue weighted by Gasteiger charge is 2.14. The number of benzene rings is 2. The summed E-state index contributed by atoms with van der Waals surface area (Å²) >= 11 is 3.36. The van der Waals surface area contributed by atoms with Crippen LogP contribution < -0.4 is 5.32 Å². The molecule has 0 aliphatic rings. The van der Waals surface area contributed by atoms with Gasteiger partial charge in [0, 0.05) is 36.5 Å². The SMILES string of the molecule is CC(=O)N(CCC(=O)Nc1ccccc1Br)Cc1ccccc1F. The Kier molecular flexibility index (Phi) is 6.49. The molecule has 1 N–H and O–H groups in total. The third-order valence-electron chi connectivity index (χ3n) is 3.52. The van der Waals surface area contributed by atoms with Crippen LogP contribution in [0, 0.1) is 5.82 Å². The predicted octanol–water partition coefficient (Wildman–Crippen LogP) is 3.97. The van der Waals surface area contributed by atoms with Crippen molar-refractivity contribution in [2.24, 2.45) is 0 Å². The number of hydrogen-bond acceptors (Lipinski definition) is 2. The van der Waals surface area contributed by atoms with E-state index in [0.717, 1.165) is 4.47 Å². The molecule has 0 saturated carbocycles. The minimum Gasteiger partial charge on any atom is -0.338 e. The number of nitrogens with one attached hydrogen (secondary N) is 1. The normalized spacial score (nSPS) is 10.3. The van der Waals surface area contributed by atoms with E-state index in [1.54, 1.807) is 24.3 Å². The molecule has 0 unspecified atom stereocenters. The Morgan fingerprint density at radius 2 is 1.79 bits per heavy atom. The van der Waals surface area contributed by atoms with Crippen LogP contribution in [0.4, 0.5) is 10.1 Å². The number of para-hydroxylation sites is 1. The fourth-order valence-electron chi connectivity index (χ4n) is 2.19. The maximum atomic E-state index is 13.7. The molecule has 0 aliphatic heterocycles. The van der Waals surface area contributed by atoms with Gasteiger partial charge in [0.25, 0.3) is 0 Å². The van der Waals surface area contributed by atoms with Gasteiger partial charge < -0.3 is 10.2 Å². The lowest BCUT2D eigenvalue weighted by molar-refractivity contribution is -0.130. The third-order valence-corrected chi connectivity index (χ3v) is 4.21. The second-order valence-corrected chi connectivity index (χ2v) is 6.16. The molecule has 2 amide bonds. The number of carbonyl (C=O) groups excluding carboxylic acids is 2. The second kappa shape index (κ2) is 8.59. The van der Waals surface area contributed by atoms with E-state index in [1.165, 1.54) is 17.9 Å². The Balaban J connectivity index is 1.94. The molecule has 2 aromatic rings. The van der Waals surface area contributed by atoms with Crippen LogP contribution in [0.25, 0.3) is 0 Å². The van der Waals surface area contributed by atoms with Gasteiger partial charge in [-0.3, -0.25) is 9.59 Å². The van der Waals surface area contributed by atoms with Crippen LogP contribution in [0.15, 0.2) is 53.0 Å². The van der Waals surface area contributed by atoms with Crippen molar-refractivity contribution in [3.05, 3.63) is 64.4 Å². The number of halogens is 2. The van der Waals surface area contributed by atoms with E-state index in [4.69, 9.17) is 0 Å². The van der Waals surface area contributed by atoms with Crippen LogP contribution in [-0.2, 0) is 16.1 Å². The van der Waals surface area contributed by atoms with Gasteiger partial charge in [0.15, 0.2) is 0 Å². The summed E-state index contributed by atoms with van der Waals surface area (Å²) in [7, 11) is 0. The van der Waals surface area contributed by atoms with Crippen LogP contribution in [0.3, 0.4) is 0 Å². The standard InChI is InChI=1S/C18H18BrFN2O2/c1-13(23)22(12-14-6-2-4-8-16(14)20)11-10-18(24)21-17-9-5-3-7-15(17)19/h2-9H,10-12H2,1H3,(H,21,24). The molecule has 126 valence electrons. The molecule has 0 aromatic heterocycles. The van der Waals surface area contributed by atoms with Gasteiger partial charge in [-0.15, -0.1) is 0 Å². The first-order chi connectivity index (χ1) is 11.5. The Labute approximate surface area is 148 Å². The van der Waals surface area contributed by atoms with Crippen LogP contribution in [0.1, 0.15) is 18.9 Å². The van der Waals surface area contributed by atoms with Gasteiger partial charge >= 0.3 is 0 Å². The number of amides is 2. The number of anilines is 1. The molecule has 6 heteroatoms. The summed E-state index contributed by atoms with van der Waals surface area (Å²) in [4.78, 5) is 25.3. The molecule has 0 radical (unpaired) electrons. The second-order valence-electron chi connectivity index (χ2n) is 5.31. The van der Waals surface area contributed by atoms with Crippen molar-refractivity contribution in [1.82, 2.24) is 4.90 Å². The largest absolute Gasteiger partial charge is 0.338 e. The molecule has 4 nitrogen and oxygen atoms in total. The highest BCUT2D eigenvalue weighted by molar-refractivity contribution is 9.10. The summed E-state index contributed by atoms with van der Waals surface area (Å²) in [6.45, 7) is 1.77. The quantitative estimate of drug-likeness (QED) is 0.808. The van der Waals surface area contributed by atoms with Crippen molar-refractivity contribution in [1.29, 1.82) is 0 Å². The molecule has 0 aliphatic carbocycles. The zero-order valence-corrected chi connectivity index (χ0v) is 14.8. The monoisotopic (exact) mass is 392 g/mol. The van der Waals surface area contributed by atoms with Crippen molar-refractivity contribution < 1.29 is 14.0 Å². The minimum atomic E-state index is -0.360. The zero-order chi connectivity index (χ0) is 17.5. The van der Waals surface area contributed by atoms with Crippen molar-refractivity contribution in [2.45, 2.75) is 19.9 Å². The van der Waals surface area contributed by atoms with Crippen LogP contribution >= 0.6 is 15.9 Å². The molecule has 0 heterocycles. The first kappa shape index (κ1) is 18.1. The third kappa shape index (κ3) is 5.16. The van der Waals surface area contributed by atoms with Gasteiger partial charge in [-0.2, -0.15) is 0 Å². The summed E-state index contributed by atoms with van der Waals surface area (Å²) in [5.74, 6) is -0.768. The molecular weight excluding hydrogens is 375 g/mol.